The van der Waals surface area contributed by atoms with Crippen LogP contribution in [0.3, 0.4) is 0 Å². The van der Waals surface area contributed by atoms with Crippen LogP contribution in [0.1, 0.15) is 0 Å². The minimum atomic E-state index is 0.818. The van der Waals surface area contributed by atoms with E-state index in [-0.39, 0.29) is 0 Å². The van der Waals surface area contributed by atoms with Crippen LogP contribution in [0, 0.1) is 0 Å². The van der Waals surface area contributed by atoms with Gasteiger partial charge in [-0.15, -0.1) is 0 Å². The minimum absolute atomic E-state index is 0.818. The highest BCUT2D eigenvalue weighted by molar-refractivity contribution is 9.10. The molecule has 0 bridgehead atoms. The number of rotatable bonds is 2. The van der Waals surface area contributed by atoms with Crippen LogP contribution in [-0.4, -0.2) is 12.0 Å². The predicted molar refractivity (Wildman–Crippen MR) is 62.1 cm³/mol. The van der Waals surface area contributed by atoms with E-state index >= 15 is 0 Å². The van der Waals surface area contributed by atoms with Crippen molar-refractivity contribution in [3.8, 4) is 0 Å². The van der Waals surface area contributed by atoms with Gasteiger partial charge in [0.1, 0.15) is 5.82 Å². The van der Waals surface area contributed by atoms with E-state index in [1.54, 1.807) is 0 Å². The highest BCUT2D eigenvalue weighted by Crippen LogP contribution is 2.19. The average molecular weight is 252 g/mol. The molecule has 1 aromatic heterocycles. The molecule has 4 heteroatoms. The lowest BCUT2D eigenvalue weighted by molar-refractivity contribution is 0.969. The van der Waals surface area contributed by atoms with E-state index in [0.29, 0.717) is 0 Å². The number of pyridine rings is 1. The minimum Gasteiger partial charge on any atom is -0.306 e. The molecule has 0 atom stereocenters. The van der Waals surface area contributed by atoms with E-state index < -0.39 is 0 Å². The molecule has 1 aromatic carbocycles. The number of aromatic nitrogens is 1. The summed E-state index contributed by atoms with van der Waals surface area (Å²) in [5.74, 6) is 0.818. The largest absolute Gasteiger partial charge is 0.306 e. The third kappa shape index (κ3) is 1.86. The zero-order chi connectivity index (χ0) is 9.97. The Balaban J connectivity index is 2.52. The molecule has 0 saturated heterocycles. The molecular formula is C10H10BrN3. The second-order valence-corrected chi connectivity index (χ2v) is 3.82. The van der Waals surface area contributed by atoms with Gasteiger partial charge in [-0.2, -0.15) is 0 Å². The second kappa shape index (κ2) is 3.94. The Labute approximate surface area is 90.6 Å². The number of benzene rings is 1. The number of nitrogens with zero attached hydrogens (tertiary/aromatic N) is 1. The van der Waals surface area contributed by atoms with Gasteiger partial charge in [-0.05, 0) is 24.3 Å². The third-order valence-electron chi connectivity index (χ3n) is 1.91. The summed E-state index contributed by atoms with van der Waals surface area (Å²) >= 11 is 3.42. The Kier molecular flexibility index (Phi) is 2.65. The van der Waals surface area contributed by atoms with Crippen LogP contribution >= 0.6 is 15.9 Å². The van der Waals surface area contributed by atoms with Crippen molar-refractivity contribution in [2.24, 2.45) is 0 Å². The molecule has 0 saturated carbocycles. The molecule has 1 heterocycles. The summed E-state index contributed by atoms with van der Waals surface area (Å²) in [6, 6.07) is 10.0. The number of anilines is 1. The van der Waals surface area contributed by atoms with E-state index in [4.69, 9.17) is 0 Å². The Morgan fingerprint density at radius 1 is 1.21 bits per heavy atom. The molecule has 0 unspecified atom stereocenters. The molecule has 2 aromatic rings. The Morgan fingerprint density at radius 3 is 2.79 bits per heavy atom. The number of fused-ring (bicyclic) bond motifs is 1. The molecule has 0 aliphatic carbocycles. The van der Waals surface area contributed by atoms with Crippen molar-refractivity contribution in [1.82, 2.24) is 10.4 Å². The van der Waals surface area contributed by atoms with Crippen LogP contribution in [0.4, 0.5) is 5.82 Å². The summed E-state index contributed by atoms with van der Waals surface area (Å²) < 4.78 is 1.04. The van der Waals surface area contributed by atoms with Crippen molar-refractivity contribution in [3.05, 3.63) is 34.8 Å². The fourth-order valence-electron chi connectivity index (χ4n) is 1.29. The third-order valence-corrected chi connectivity index (χ3v) is 2.40. The maximum atomic E-state index is 4.42. The number of halogens is 1. The summed E-state index contributed by atoms with van der Waals surface area (Å²) in [5, 5.41) is 1.13. The van der Waals surface area contributed by atoms with Crippen molar-refractivity contribution in [2.45, 2.75) is 0 Å². The summed E-state index contributed by atoms with van der Waals surface area (Å²) in [7, 11) is 1.81. The van der Waals surface area contributed by atoms with Crippen LogP contribution in [0.15, 0.2) is 34.8 Å². The van der Waals surface area contributed by atoms with E-state index in [2.05, 4.69) is 31.8 Å². The van der Waals surface area contributed by atoms with Crippen molar-refractivity contribution in [3.63, 3.8) is 0 Å². The standard InChI is InChI=1S/C10H10BrN3/c1-12-14-10-5-3-7-2-4-8(11)6-9(7)13-10/h2-6,12H,1H3,(H,13,14). The van der Waals surface area contributed by atoms with Crippen molar-refractivity contribution in [1.29, 1.82) is 0 Å². The molecule has 0 amide bonds. The lowest BCUT2D eigenvalue weighted by Crippen LogP contribution is -2.15. The molecule has 14 heavy (non-hydrogen) atoms. The zero-order valence-corrected chi connectivity index (χ0v) is 9.30. The fourth-order valence-corrected chi connectivity index (χ4v) is 1.64. The normalized spacial score (nSPS) is 10.4. The summed E-state index contributed by atoms with van der Waals surface area (Å²) in [4.78, 5) is 4.42. The lowest BCUT2D eigenvalue weighted by atomic mass is 10.2. The van der Waals surface area contributed by atoms with Gasteiger partial charge >= 0.3 is 0 Å². The fraction of sp³-hybridized carbons (Fsp3) is 0.100. The van der Waals surface area contributed by atoms with E-state index in [0.717, 1.165) is 21.2 Å². The molecule has 0 fully saturated rings. The highest BCUT2D eigenvalue weighted by atomic mass is 79.9. The summed E-state index contributed by atoms with van der Waals surface area (Å²) in [6.45, 7) is 0. The first-order valence-electron chi connectivity index (χ1n) is 4.28. The monoisotopic (exact) mass is 251 g/mol. The number of hydrogen-bond donors (Lipinski definition) is 2. The Bertz CT molecular complexity index is 456. The second-order valence-electron chi connectivity index (χ2n) is 2.91. The van der Waals surface area contributed by atoms with Gasteiger partial charge in [-0.25, -0.2) is 10.4 Å². The molecule has 0 aliphatic rings. The molecule has 3 nitrogen and oxygen atoms in total. The van der Waals surface area contributed by atoms with Crippen LogP contribution in [-0.2, 0) is 0 Å². The number of hydrogen-bond acceptors (Lipinski definition) is 3. The van der Waals surface area contributed by atoms with Gasteiger partial charge in [0.2, 0.25) is 0 Å². The Morgan fingerprint density at radius 2 is 2.00 bits per heavy atom. The van der Waals surface area contributed by atoms with E-state index in [1.165, 1.54) is 0 Å². The number of hydrazine groups is 1. The van der Waals surface area contributed by atoms with E-state index in [9.17, 15) is 0 Å². The van der Waals surface area contributed by atoms with Crippen LogP contribution < -0.4 is 10.9 Å². The highest BCUT2D eigenvalue weighted by Gasteiger charge is 1.97. The molecule has 0 aliphatic heterocycles. The maximum Gasteiger partial charge on any atom is 0.140 e. The summed E-state index contributed by atoms with van der Waals surface area (Å²) in [6.07, 6.45) is 0. The first kappa shape index (κ1) is 9.43. The average Bonchev–Trinajstić information content (AvgIpc) is 2.17. The van der Waals surface area contributed by atoms with Gasteiger partial charge in [-0.3, -0.25) is 0 Å². The molecule has 2 rings (SSSR count). The topological polar surface area (TPSA) is 37.0 Å². The number of nitrogens with one attached hydrogen (secondary N) is 2. The van der Waals surface area contributed by atoms with Gasteiger partial charge in [0.15, 0.2) is 0 Å². The van der Waals surface area contributed by atoms with Crippen LogP contribution in [0.25, 0.3) is 10.9 Å². The van der Waals surface area contributed by atoms with E-state index in [1.807, 2.05) is 37.4 Å². The van der Waals surface area contributed by atoms with Gasteiger partial charge in [-0.1, -0.05) is 22.0 Å². The van der Waals surface area contributed by atoms with Crippen LogP contribution in [0.5, 0.6) is 0 Å². The van der Waals surface area contributed by atoms with Crippen molar-refractivity contribution < 1.29 is 0 Å². The summed E-state index contributed by atoms with van der Waals surface area (Å²) in [5.41, 5.74) is 6.75. The molecule has 2 N–H and O–H groups in total. The molecule has 0 spiro atoms. The lowest BCUT2D eigenvalue weighted by Gasteiger charge is -2.04. The maximum absolute atomic E-state index is 4.42. The first-order valence-corrected chi connectivity index (χ1v) is 5.08. The predicted octanol–water partition coefficient (Wildman–Crippen LogP) is 2.54. The molecule has 0 radical (unpaired) electrons. The van der Waals surface area contributed by atoms with Crippen LogP contribution in [0.2, 0.25) is 0 Å². The zero-order valence-electron chi connectivity index (χ0n) is 7.71. The van der Waals surface area contributed by atoms with Gasteiger partial charge in [0.05, 0.1) is 5.52 Å². The van der Waals surface area contributed by atoms with Gasteiger partial charge in [0.25, 0.3) is 0 Å². The quantitative estimate of drug-likeness (QED) is 0.806. The van der Waals surface area contributed by atoms with Gasteiger partial charge < -0.3 is 5.43 Å². The van der Waals surface area contributed by atoms with Crippen molar-refractivity contribution in [2.75, 3.05) is 12.5 Å². The van der Waals surface area contributed by atoms with Gasteiger partial charge in [0, 0.05) is 16.9 Å². The SMILES string of the molecule is CNNc1ccc2ccc(Br)cc2n1. The molecule has 72 valence electrons. The smallest absolute Gasteiger partial charge is 0.140 e. The first-order chi connectivity index (χ1) is 6.79. The Hall–Kier alpha value is -1.13. The molecular weight excluding hydrogens is 242 g/mol. The van der Waals surface area contributed by atoms with Crippen molar-refractivity contribution >= 4 is 32.7 Å².